The van der Waals surface area contributed by atoms with Gasteiger partial charge in [-0.2, -0.15) is 4.98 Å². The standard InChI is InChI=1S/C16H22N6/c1-5-13-12(10-22(3)4)7-6-8-14(13)19-15-11(2)9-18-16(20-15)21-17/h5-9H,1,10,17H2,2-4H3,(H2,18,19,20,21). The molecule has 0 spiro atoms. The number of aromatic nitrogens is 2. The van der Waals surface area contributed by atoms with Crippen LogP contribution in [0.1, 0.15) is 16.7 Å². The van der Waals surface area contributed by atoms with E-state index in [4.69, 9.17) is 5.84 Å². The van der Waals surface area contributed by atoms with Gasteiger partial charge in [0, 0.05) is 29.6 Å². The van der Waals surface area contributed by atoms with Crippen LogP contribution < -0.4 is 16.6 Å². The number of aryl methyl sites for hydroxylation is 1. The molecule has 0 aliphatic heterocycles. The summed E-state index contributed by atoms with van der Waals surface area (Å²) in [6, 6.07) is 6.13. The van der Waals surface area contributed by atoms with Gasteiger partial charge in [-0.3, -0.25) is 5.43 Å². The Morgan fingerprint density at radius 3 is 2.77 bits per heavy atom. The van der Waals surface area contributed by atoms with E-state index >= 15 is 0 Å². The number of nitrogens with zero attached hydrogens (tertiary/aromatic N) is 3. The van der Waals surface area contributed by atoms with Crippen molar-refractivity contribution in [2.75, 3.05) is 24.8 Å². The van der Waals surface area contributed by atoms with E-state index in [1.54, 1.807) is 6.20 Å². The van der Waals surface area contributed by atoms with Crippen LogP contribution >= 0.6 is 0 Å². The van der Waals surface area contributed by atoms with Crippen molar-refractivity contribution in [2.45, 2.75) is 13.5 Å². The Bertz CT molecular complexity index is 666. The van der Waals surface area contributed by atoms with Gasteiger partial charge in [0.2, 0.25) is 5.95 Å². The second kappa shape index (κ2) is 7.02. The number of anilines is 3. The molecule has 0 unspecified atom stereocenters. The van der Waals surface area contributed by atoms with Crippen molar-refractivity contribution in [2.24, 2.45) is 5.84 Å². The van der Waals surface area contributed by atoms with Gasteiger partial charge in [-0.05, 0) is 32.6 Å². The molecule has 0 fully saturated rings. The molecule has 1 aromatic carbocycles. The summed E-state index contributed by atoms with van der Waals surface area (Å²) < 4.78 is 0. The predicted octanol–water partition coefficient (Wildman–Crippen LogP) is 2.52. The van der Waals surface area contributed by atoms with Crippen LogP contribution in [0, 0.1) is 6.92 Å². The molecule has 6 heteroatoms. The van der Waals surface area contributed by atoms with Gasteiger partial charge in [0.05, 0.1) is 0 Å². The number of nitrogen functional groups attached to an aromatic ring is 1. The summed E-state index contributed by atoms with van der Waals surface area (Å²) >= 11 is 0. The molecule has 0 aliphatic rings. The first-order valence-electron chi connectivity index (χ1n) is 7.01. The van der Waals surface area contributed by atoms with Crippen molar-refractivity contribution >= 4 is 23.5 Å². The quantitative estimate of drug-likeness (QED) is 0.562. The van der Waals surface area contributed by atoms with Gasteiger partial charge in [0.25, 0.3) is 0 Å². The van der Waals surface area contributed by atoms with E-state index in [0.29, 0.717) is 11.8 Å². The Kier molecular flexibility index (Phi) is 5.08. The highest BCUT2D eigenvalue weighted by atomic mass is 15.3. The largest absolute Gasteiger partial charge is 0.339 e. The smallest absolute Gasteiger partial charge is 0.239 e. The van der Waals surface area contributed by atoms with Gasteiger partial charge in [-0.1, -0.05) is 24.8 Å². The summed E-state index contributed by atoms with van der Waals surface area (Å²) in [5, 5.41) is 3.34. The van der Waals surface area contributed by atoms with Gasteiger partial charge < -0.3 is 10.2 Å². The van der Waals surface area contributed by atoms with E-state index in [1.165, 1.54) is 5.56 Å². The SMILES string of the molecule is C=Cc1c(CN(C)C)cccc1Nc1nc(NN)ncc1C. The van der Waals surface area contributed by atoms with Crippen LogP contribution in [0.3, 0.4) is 0 Å². The predicted molar refractivity (Wildman–Crippen MR) is 91.8 cm³/mol. The first-order chi connectivity index (χ1) is 10.5. The van der Waals surface area contributed by atoms with Crippen LogP contribution in [0.5, 0.6) is 0 Å². The van der Waals surface area contributed by atoms with Gasteiger partial charge in [0.15, 0.2) is 0 Å². The monoisotopic (exact) mass is 298 g/mol. The minimum atomic E-state index is 0.373. The molecule has 0 aliphatic carbocycles. The molecule has 1 heterocycles. The Morgan fingerprint density at radius 1 is 1.36 bits per heavy atom. The molecule has 1 aromatic heterocycles. The maximum Gasteiger partial charge on any atom is 0.239 e. The topological polar surface area (TPSA) is 79.1 Å². The first kappa shape index (κ1) is 15.9. The molecule has 4 N–H and O–H groups in total. The van der Waals surface area contributed by atoms with Gasteiger partial charge in [0.1, 0.15) is 5.82 Å². The average Bonchev–Trinajstić information content (AvgIpc) is 2.49. The van der Waals surface area contributed by atoms with E-state index in [0.717, 1.165) is 23.4 Å². The van der Waals surface area contributed by atoms with E-state index in [9.17, 15) is 0 Å². The molecule has 2 aromatic rings. The summed E-state index contributed by atoms with van der Waals surface area (Å²) in [6.07, 6.45) is 3.58. The summed E-state index contributed by atoms with van der Waals surface area (Å²) in [7, 11) is 4.08. The molecule has 0 atom stereocenters. The Hall–Kier alpha value is -2.44. The first-order valence-corrected chi connectivity index (χ1v) is 7.01. The summed E-state index contributed by atoms with van der Waals surface area (Å²) in [5.74, 6) is 6.46. The van der Waals surface area contributed by atoms with Crippen LogP contribution in [0.25, 0.3) is 6.08 Å². The Balaban J connectivity index is 2.39. The fourth-order valence-electron chi connectivity index (χ4n) is 2.21. The lowest BCUT2D eigenvalue weighted by Crippen LogP contribution is -2.13. The molecule has 2 rings (SSSR count). The van der Waals surface area contributed by atoms with Crippen molar-refractivity contribution in [1.82, 2.24) is 14.9 Å². The minimum Gasteiger partial charge on any atom is -0.339 e. The number of rotatable bonds is 6. The number of benzene rings is 1. The third kappa shape index (κ3) is 3.60. The lowest BCUT2D eigenvalue weighted by atomic mass is 10.0. The third-order valence-corrected chi connectivity index (χ3v) is 3.24. The van der Waals surface area contributed by atoms with Crippen LogP contribution in [0.15, 0.2) is 31.0 Å². The number of nitrogens with one attached hydrogen (secondary N) is 2. The molecule has 6 nitrogen and oxygen atoms in total. The number of hydrogen-bond acceptors (Lipinski definition) is 6. The molecule has 22 heavy (non-hydrogen) atoms. The zero-order valence-electron chi connectivity index (χ0n) is 13.2. The second-order valence-corrected chi connectivity index (χ2v) is 5.31. The van der Waals surface area contributed by atoms with Crippen molar-refractivity contribution in [3.05, 3.63) is 47.7 Å². The van der Waals surface area contributed by atoms with Crippen LogP contribution in [0.2, 0.25) is 0 Å². The zero-order valence-corrected chi connectivity index (χ0v) is 13.2. The van der Waals surface area contributed by atoms with Crippen molar-refractivity contribution in [3.8, 4) is 0 Å². The van der Waals surface area contributed by atoms with Gasteiger partial charge >= 0.3 is 0 Å². The average molecular weight is 298 g/mol. The molecular formula is C16H22N6. The van der Waals surface area contributed by atoms with Crippen molar-refractivity contribution in [3.63, 3.8) is 0 Å². The van der Waals surface area contributed by atoms with Crippen molar-refractivity contribution < 1.29 is 0 Å². The maximum atomic E-state index is 5.37. The molecule has 0 saturated carbocycles. The van der Waals surface area contributed by atoms with E-state index in [2.05, 4.69) is 38.3 Å². The molecule has 0 amide bonds. The van der Waals surface area contributed by atoms with Crippen LogP contribution in [0.4, 0.5) is 17.5 Å². The summed E-state index contributed by atoms with van der Waals surface area (Å²) in [4.78, 5) is 10.6. The molecule has 0 radical (unpaired) electrons. The van der Waals surface area contributed by atoms with E-state index < -0.39 is 0 Å². The lowest BCUT2D eigenvalue weighted by Gasteiger charge is -2.17. The highest BCUT2D eigenvalue weighted by molar-refractivity contribution is 5.73. The fourth-order valence-corrected chi connectivity index (χ4v) is 2.21. The van der Waals surface area contributed by atoms with E-state index in [1.807, 2.05) is 39.2 Å². The summed E-state index contributed by atoms with van der Waals surface area (Å²) in [5.41, 5.74) is 6.62. The molecule has 116 valence electrons. The molecular weight excluding hydrogens is 276 g/mol. The molecule has 0 bridgehead atoms. The van der Waals surface area contributed by atoms with Crippen LogP contribution in [-0.2, 0) is 6.54 Å². The molecule has 0 saturated heterocycles. The summed E-state index contributed by atoms with van der Waals surface area (Å²) in [6.45, 7) is 6.72. The van der Waals surface area contributed by atoms with E-state index in [-0.39, 0.29) is 0 Å². The van der Waals surface area contributed by atoms with Crippen LogP contribution in [-0.4, -0.2) is 29.0 Å². The second-order valence-electron chi connectivity index (χ2n) is 5.31. The van der Waals surface area contributed by atoms with Crippen molar-refractivity contribution in [1.29, 1.82) is 0 Å². The highest BCUT2D eigenvalue weighted by Crippen LogP contribution is 2.26. The normalized spacial score (nSPS) is 10.6. The highest BCUT2D eigenvalue weighted by Gasteiger charge is 2.09. The maximum absolute atomic E-state index is 5.37. The Morgan fingerprint density at radius 2 is 2.14 bits per heavy atom. The van der Waals surface area contributed by atoms with Gasteiger partial charge in [-0.15, -0.1) is 0 Å². The zero-order chi connectivity index (χ0) is 16.1. The third-order valence-electron chi connectivity index (χ3n) is 3.24. The fraction of sp³-hybridized carbons (Fsp3) is 0.250. The number of hydrazine groups is 1. The number of hydrogen-bond donors (Lipinski definition) is 3. The Labute approximate surface area is 131 Å². The van der Waals surface area contributed by atoms with Gasteiger partial charge in [-0.25, -0.2) is 10.8 Å². The minimum absolute atomic E-state index is 0.373. The number of nitrogens with two attached hydrogens (primary N) is 1. The lowest BCUT2D eigenvalue weighted by molar-refractivity contribution is 0.402.